The average molecular weight is 405 g/mol. The molecular formula is C26H32N2O2. The van der Waals surface area contributed by atoms with Crippen LogP contribution in [0.15, 0.2) is 53.2 Å². The molecule has 2 aromatic rings. The van der Waals surface area contributed by atoms with E-state index in [1.165, 1.54) is 22.3 Å². The summed E-state index contributed by atoms with van der Waals surface area (Å²) in [6, 6.07) is 12.2. The first-order valence-corrected chi connectivity index (χ1v) is 10.7. The summed E-state index contributed by atoms with van der Waals surface area (Å²) in [7, 11) is 0. The summed E-state index contributed by atoms with van der Waals surface area (Å²) in [5, 5.41) is 12.4. The number of fused-ring (bicyclic) bond motifs is 1. The topological polar surface area (TPSA) is 61.7 Å². The lowest BCUT2D eigenvalue weighted by Gasteiger charge is -2.22. The molecule has 158 valence electrons. The number of nitrogens with zero attached hydrogens (tertiary/aromatic N) is 1. The highest BCUT2D eigenvalue weighted by molar-refractivity contribution is 5.81. The second-order valence-corrected chi connectivity index (χ2v) is 8.50. The van der Waals surface area contributed by atoms with Crippen LogP contribution in [0.2, 0.25) is 0 Å². The Labute approximate surface area is 179 Å². The number of aliphatic carboxylic acids is 1. The predicted molar refractivity (Wildman–Crippen MR) is 125 cm³/mol. The molecule has 0 bridgehead atoms. The van der Waals surface area contributed by atoms with Crippen LogP contribution in [-0.2, 0) is 17.6 Å². The number of anilines is 1. The van der Waals surface area contributed by atoms with Gasteiger partial charge in [-0.2, -0.15) is 0 Å². The number of carboxylic acid groups (broad SMARTS) is 1. The van der Waals surface area contributed by atoms with Gasteiger partial charge in [0.1, 0.15) is 6.04 Å². The Morgan fingerprint density at radius 1 is 1.27 bits per heavy atom. The van der Waals surface area contributed by atoms with Crippen LogP contribution >= 0.6 is 0 Å². The van der Waals surface area contributed by atoms with Gasteiger partial charge in [-0.1, -0.05) is 50.3 Å². The maximum Gasteiger partial charge on any atom is 0.326 e. The molecule has 0 aromatic heterocycles. The van der Waals surface area contributed by atoms with E-state index >= 15 is 0 Å². The Kier molecular flexibility index (Phi) is 6.76. The van der Waals surface area contributed by atoms with Gasteiger partial charge < -0.3 is 10.4 Å². The minimum absolute atomic E-state index is 0.145. The highest BCUT2D eigenvalue weighted by atomic mass is 16.4. The number of carbonyl (C=O) groups is 1. The van der Waals surface area contributed by atoms with E-state index in [9.17, 15) is 9.90 Å². The molecule has 0 spiro atoms. The zero-order chi connectivity index (χ0) is 21.8. The van der Waals surface area contributed by atoms with Gasteiger partial charge in [0.15, 0.2) is 0 Å². The number of benzene rings is 2. The number of carboxylic acids is 1. The van der Waals surface area contributed by atoms with E-state index in [4.69, 9.17) is 4.99 Å². The van der Waals surface area contributed by atoms with Crippen molar-refractivity contribution in [3.63, 3.8) is 0 Å². The number of nitrogens with one attached hydrogen (secondary N) is 1. The molecule has 30 heavy (non-hydrogen) atoms. The van der Waals surface area contributed by atoms with Crippen LogP contribution in [-0.4, -0.2) is 23.3 Å². The molecule has 2 unspecified atom stereocenters. The molecule has 1 aliphatic rings. The maximum absolute atomic E-state index is 11.4. The van der Waals surface area contributed by atoms with E-state index in [-0.39, 0.29) is 5.92 Å². The molecule has 1 aliphatic heterocycles. The minimum atomic E-state index is -0.805. The van der Waals surface area contributed by atoms with Gasteiger partial charge >= 0.3 is 5.97 Å². The van der Waals surface area contributed by atoms with Crippen molar-refractivity contribution in [2.45, 2.75) is 59.4 Å². The standard InChI is InChI=1S/C26H32N2O2/c1-6-27-24(12-16(2)3)22(21-9-7-8-17(4)18(21)5)14-19-10-11-23-20(13-19)15-25(28-23)26(29)30/h6-13,16,22,25,28H,14-15H2,1-5H3,(H,29,30)/b24-12-,27-6?. The van der Waals surface area contributed by atoms with Crippen LogP contribution < -0.4 is 5.32 Å². The van der Waals surface area contributed by atoms with Crippen molar-refractivity contribution in [2.24, 2.45) is 10.9 Å². The molecule has 3 rings (SSSR count). The fourth-order valence-electron chi connectivity index (χ4n) is 4.19. The highest BCUT2D eigenvalue weighted by Crippen LogP contribution is 2.35. The summed E-state index contributed by atoms with van der Waals surface area (Å²) in [4.78, 5) is 16.1. The predicted octanol–water partition coefficient (Wildman–Crippen LogP) is 5.68. The number of allylic oxidation sites excluding steroid dienone is 2. The summed E-state index contributed by atoms with van der Waals surface area (Å²) in [5.74, 6) is -0.261. The quantitative estimate of drug-likeness (QED) is 0.584. The van der Waals surface area contributed by atoms with Gasteiger partial charge in [0, 0.05) is 29.9 Å². The van der Waals surface area contributed by atoms with Crippen molar-refractivity contribution in [2.75, 3.05) is 5.32 Å². The fourth-order valence-corrected chi connectivity index (χ4v) is 4.19. The van der Waals surface area contributed by atoms with Crippen molar-refractivity contribution in [1.82, 2.24) is 0 Å². The second kappa shape index (κ2) is 9.29. The average Bonchev–Trinajstić information content (AvgIpc) is 3.12. The van der Waals surface area contributed by atoms with E-state index in [2.05, 4.69) is 69.4 Å². The van der Waals surface area contributed by atoms with Gasteiger partial charge in [0.25, 0.3) is 0 Å². The van der Waals surface area contributed by atoms with Crippen LogP contribution in [0.1, 0.15) is 54.5 Å². The van der Waals surface area contributed by atoms with Gasteiger partial charge in [0.05, 0.1) is 0 Å². The summed E-state index contributed by atoms with van der Waals surface area (Å²) < 4.78 is 0. The van der Waals surface area contributed by atoms with Crippen molar-refractivity contribution >= 4 is 17.9 Å². The largest absolute Gasteiger partial charge is 0.480 e. The first kappa shape index (κ1) is 21.8. The van der Waals surface area contributed by atoms with Crippen LogP contribution in [0.25, 0.3) is 0 Å². The lowest BCUT2D eigenvalue weighted by Crippen LogP contribution is -2.26. The van der Waals surface area contributed by atoms with Crippen LogP contribution in [0.5, 0.6) is 0 Å². The number of hydrogen-bond donors (Lipinski definition) is 2. The molecule has 0 saturated carbocycles. The molecule has 2 atom stereocenters. The first-order valence-electron chi connectivity index (χ1n) is 10.7. The molecule has 0 amide bonds. The third-order valence-corrected chi connectivity index (χ3v) is 5.82. The van der Waals surface area contributed by atoms with E-state index in [0.29, 0.717) is 12.3 Å². The molecular weight excluding hydrogens is 372 g/mol. The van der Waals surface area contributed by atoms with E-state index in [1.807, 2.05) is 19.2 Å². The Morgan fingerprint density at radius 2 is 2.03 bits per heavy atom. The highest BCUT2D eigenvalue weighted by Gasteiger charge is 2.27. The molecule has 4 nitrogen and oxygen atoms in total. The van der Waals surface area contributed by atoms with Crippen molar-refractivity contribution in [3.05, 3.63) is 76.0 Å². The fraction of sp³-hybridized carbons (Fsp3) is 0.385. The van der Waals surface area contributed by atoms with Crippen molar-refractivity contribution in [3.8, 4) is 0 Å². The molecule has 0 saturated heterocycles. The van der Waals surface area contributed by atoms with Gasteiger partial charge in [-0.3, -0.25) is 4.99 Å². The normalized spacial score (nSPS) is 17.3. The number of rotatable bonds is 7. The Hall–Kier alpha value is -2.88. The van der Waals surface area contributed by atoms with Gasteiger partial charge in [-0.05, 0) is 67.0 Å². The van der Waals surface area contributed by atoms with Crippen molar-refractivity contribution in [1.29, 1.82) is 0 Å². The third-order valence-electron chi connectivity index (χ3n) is 5.82. The Balaban J connectivity index is 2.01. The van der Waals surface area contributed by atoms with Gasteiger partial charge in [-0.25, -0.2) is 4.79 Å². The molecule has 0 fully saturated rings. The second-order valence-electron chi connectivity index (χ2n) is 8.50. The maximum atomic E-state index is 11.4. The van der Waals surface area contributed by atoms with E-state index < -0.39 is 12.0 Å². The van der Waals surface area contributed by atoms with Crippen LogP contribution in [0.3, 0.4) is 0 Å². The molecule has 2 aromatic carbocycles. The summed E-state index contributed by atoms with van der Waals surface area (Å²) in [6.07, 6.45) is 5.47. The van der Waals surface area contributed by atoms with Gasteiger partial charge in [-0.15, -0.1) is 0 Å². The number of aliphatic imine (C=N–C) groups is 1. The minimum Gasteiger partial charge on any atom is -0.480 e. The van der Waals surface area contributed by atoms with Crippen molar-refractivity contribution < 1.29 is 9.90 Å². The lowest BCUT2D eigenvalue weighted by atomic mass is 9.84. The van der Waals surface area contributed by atoms with Crippen LogP contribution in [0, 0.1) is 19.8 Å². The summed E-state index contributed by atoms with van der Waals surface area (Å²) >= 11 is 0. The Morgan fingerprint density at radius 3 is 2.70 bits per heavy atom. The third kappa shape index (κ3) is 4.81. The smallest absolute Gasteiger partial charge is 0.326 e. The van der Waals surface area contributed by atoms with E-state index in [0.717, 1.165) is 23.4 Å². The molecule has 0 radical (unpaired) electrons. The first-order chi connectivity index (χ1) is 14.3. The van der Waals surface area contributed by atoms with Crippen LogP contribution in [0.4, 0.5) is 5.69 Å². The number of aryl methyl sites for hydroxylation is 1. The SMILES string of the molecule is CC=N/C(=C\C(C)C)C(Cc1ccc2c(c1)CC(C(=O)O)N2)c1cccc(C)c1C. The number of hydrogen-bond acceptors (Lipinski definition) is 3. The molecule has 2 N–H and O–H groups in total. The van der Waals surface area contributed by atoms with Gasteiger partial charge in [0.2, 0.25) is 0 Å². The monoisotopic (exact) mass is 404 g/mol. The lowest BCUT2D eigenvalue weighted by molar-refractivity contribution is -0.137. The molecule has 0 aliphatic carbocycles. The molecule has 4 heteroatoms. The molecule has 1 heterocycles. The zero-order valence-electron chi connectivity index (χ0n) is 18.6. The zero-order valence-corrected chi connectivity index (χ0v) is 18.6. The Bertz CT molecular complexity index is 989. The van der Waals surface area contributed by atoms with E-state index in [1.54, 1.807) is 0 Å². The summed E-state index contributed by atoms with van der Waals surface area (Å²) in [6.45, 7) is 10.7. The summed E-state index contributed by atoms with van der Waals surface area (Å²) in [5.41, 5.74) is 8.18.